The average Bonchev–Trinajstić information content (AvgIpc) is 2.91. The number of hydrogen-bond acceptors (Lipinski definition) is 5. The van der Waals surface area contributed by atoms with Crippen LogP contribution in [0.2, 0.25) is 0 Å². The number of hydrogen-bond donors (Lipinski definition) is 0. The lowest BCUT2D eigenvalue weighted by molar-refractivity contribution is -0.384. The molecule has 1 heterocycles. The fraction of sp³-hybridized carbons (Fsp3) is 0.158. The molecule has 0 aromatic heterocycles. The Morgan fingerprint density at radius 1 is 1.23 bits per heavy atom. The largest absolute Gasteiger partial charge is 0.287 e. The Balaban J connectivity index is 1.92. The summed E-state index contributed by atoms with van der Waals surface area (Å²) in [6, 6.07) is 14.0. The molecule has 0 spiro atoms. The molecule has 1 aliphatic rings. The van der Waals surface area contributed by atoms with Crippen LogP contribution in [0.4, 0.5) is 11.4 Å². The van der Waals surface area contributed by atoms with E-state index in [1.807, 2.05) is 38.1 Å². The molecule has 6 nitrogen and oxygen atoms in total. The van der Waals surface area contributed by atoms with Crippen LogP contribution in [0.5, 0.6) is 0 Å². The summed E-state index contributed by atoms with van der Waals surface area (Å²) in [5.41, 5.74) is 2.53. The van der Waals surface area contributed by atoms with Crippen LogP contribution in [0.15, 0.2) is 58.4 Å². The smallest absolute Gasteiger partial charge is 0.270 e. The Morgan fingerprint density at radius 2 is 1.96 bits per heavy atom. The molecule has 0 atom stereocenters. The van der Waals surface area contributed by atoms with Gasteiger partial charge in [0.1, 0.15) is 0 Å². The van der Waals surface area contributed by atoms with Crippen molar-refractivity contribution in [3.63, 3.8) is 0 Å². The fourth-order valence-electron chi connectivity index (χ4n) is 2.48. The highest BCUT2D eigenvalue weighted by molar-refractivity contribution is 8.18. The summed E-state index contributed by atoms with van der Waals surface area (Å²) in [7, 11) is 0. The van der Waals surface area contributed by atoms with Crippen LogP contribution < -0.4 is 0 Å². The number of amides is 1. The van der Waals surface area contributed by atoms with Gasteiger partial charge in [0, 0.05) is 18.7 Å². The van der Waals surface area contributed by atoms with Gasteiger partial charge in [0.05, 0.1) is 15.5 Å². The van der Waals surface area contributed by atoms with Gasteiger partial charge in [0.25, 0.3) is 11.6 Å². The SMILES string of the molecule is CCN1C(=O)/C(=C\c2cccc([N+](=O)[O-])c2)SC1=Nc1ccc(C)cc1. The number of carbonyl (C=O) groups excluding carboxylic acids is 1. The minimum Gasteiger partial charge on any atom is -0.287 e. The van der Waals surface area contributed by atoms with Crippen molar-refractivity contribution in [2.24, 2.45) is 4.99 Å². The van der Waals surface area contributed by atoms with Crippen molar-refractivity contribution >= 4 is 40.3 Å². The zero-order valence-electron chi connectivity index (χ0n) is 14.4. The van der Waals surface area contributed by atoms with Gasteiger partial charge in [-0.15, -0.1) is 0 Å². The number of likely N-dealkylation sites (N-methyl/N-ethyl adjacent to an activating group) is 1. The van der Waals surface area contributed by atoms with Crippen LogP contribution in [0.1, 0.15) is 18.1 Å². The molecule has 26 heavy (non-hydrogen) atoms. The molecule has 1 saturated heterocycles. The third-order valence-corrected chi connectivity index (χ3v) is 4.85. The van der Waals surface area contributed by atoms with E-state index in [2.05, 4.69) is 4.99 Å². The van der Waals surface area contributed by atoms with Gasteiger partial charge >= 0.3 is 0 Å². The van der Waals surface area contributed by atoms with E-state index in [-0.39, 0.29) is 11.6 Å². The average molecular weight is 367 g/mol. The van der Waals surface area contributed by atoms with E-state index < -0.39 is 4.92 Å². The predicted molar refractivity (Wildman–Crippen MR) is 104 cm³/mol. The summed E-state index contributed by atoms with van der Waals surface area (Å²) < 4.78 is 0. The Morgan fingerprint density at radius 3 is 2.62 bits per heavy atom. The summed E-state index contributed by atoms with van der Waals surface area (Å²) in [5.74, 6) is -0.144. The summed E-state index contributed by atoms with van der Waals surface area (Å²) in [5, 5.41) is 11.5. The van der Waals surface area contributed by atoms with E-state index in [0.717, 1.165) is 11.3 Å². The molecule has 0 aliphatic carbocycles. The number of benzene rings is 2. The minimum absolute atomic E-state index is 0.00399. The van der Waals surface area contributed by atoms with Crippen molar-refractivity contribution in [3.05, 3.63) is 74.7 Å². The van der Waals surface area contributed by atoms with Crippen LogP contribution in [0, 0.1) is 17.0 Å². The monoisotopic (exact) mass is 367 g/mol. The molecule has 3 rings (SSSR count). The van der Waals surface area contributed by atoms with Gasteiger partial charge in [0.15, 0.2) is 5.17 Å². The molecule has 0 saturated carbocycles. The molecular weight excluding hydrogens is 350 g/mol. The number of non-ortho nitro benzene ring substituents is 1. The Labute approximate surface area is 155 Å². The van der Waals surface area contributed by atoms with E-state index in [1.165, 1.54) is 23.9 Å². The number of carbonyl (C=O) groups is 1. The summed E-state index contributed by atoms with van der Waals surface area (Å²) in [4.78, 5) is 29.8. The lowest BCUT2D eigenvalue weighted by Crippen LogP contribution is -2.28. The van der Waals surface area contributed by atoms with E-state index in [9.17, 15) is 14.9 Å². The molecule has 0 N–H and O–H groups in total. The summed E-state index contributed by atoms with van der Waals surface area (Å²) in [6.07, 6.45) is 1.67. The van der Waals surface area contributed by atoms with Gasteiger partial charge in [-0.3, -0.25) is 19.8 Å². The van der Waals surface area contributed by atoms with Gasteiger partial charge in [-0.1, -0.05) is 29.8 Å². The first-order chi connectivity index (χ1) is 12.5. The maximum atomic E-state index is 12.6. The third kappa shape index (κ3) is 3.83. The second kappa shape index (κ2) is 7.53. The lowest BCUT2D eigenvalue weighted by Gasteiger charge is -2.12. The minimum atomic E-state index is -0.450. The zero-order valence-corrected chi connectivity index (χ0v) is 15.2. The second-order valence-corrected chi connectivity index (χ2v) is 6.75. The highest BCUT2D eigenvalue weighted by atomic mass is 32.2. The lowest BCUT2D eigenvalue weighted by atomic mass is 10.2. The molecule has 7 heteroatoms. The van der Waals surface area contributed by atoms with Crippen molar-refractivity contribution in [1.29, 1.82) is 0 Å². The number of nitro groups is 1. The highest BCUT2D eigenvalue weighted by Gasteiger charge is 2.32. The molecule has 0 bridgehead atoms. The van der Waals surface area contributed by atoms with E-state index in [0.29, 0.717) is 22.2 Å². The highest BCUT2D eigenvalue weighted by Crippen LogP contribution is 2.34. The van der Waals surface area contributed by atoms with Crippen LogP contribution in [0.25, 0.3) is 6.08 Å². The number of rotatable bonds is 4. The van der Waals surface area contributed by atoms with Crippen molar-refractivity contribution in [2.45, 2.75) is 13.8 Å². The number of nitro benzene ring substituents is 1. The molecule has 132 valence electrons. The van der Waals surface area contributed by atoms with E-state index in [4.69, 9.17) is 0 Å². The first kappa shape index (κ1) is 17.9. The van der Waals surface area contributed by atoms with Gasteiger partial charge in [-0.05, 0) is 49.4 Å². The van der Waals surface area contributed by atoms with Crippen LogP contribution in [-0.4, -0.2) is 27.4 Å². The van der Waals surface area contributed by atoms with Gasteiger partial charge < -0.3 is 0 Å². The quantitative estimate of drug-likeness (QED) is 0.452. The van der Waals surface area contributed by atoms with Gasteiger partial charge in [-0.2, -0.15) is 0 Å². The standard InChI is InChI=1S/C19H17N3O3S/c1-3-21-18(23)17(12-14-5-4-6-16(11-14)22(24)25)26-19(21)20-15-9-7-13(2)8-10-15/h4-12H,3H2,1-2H3/b17-12+,20-19?. The van der Waals surface area contributed by atoms with Gasteiger partial charge in [-0.25, -0.2) is 4.99 Å². The maximum absolute atomic E-state index is 12.6. The Bertz CT molecular complexity index is 920. The molecule has 1 aliphatic heterocycles. The fourth-order valence-corrected chi connectivity index (χ4v) is 3.54. The van der Waals surface area contributed by atoms with Crippen molar-refractivity contribution in [2.75, 3.05) is 6.54 Å². The number of aryl methyl sites for hydroxylation is 1. The molecule has 1 fully saturated rings. The predicted octanol–water partition coefficient (Wildman–Crippen LogP) is 4.53. The van der Waals surface area contributed by atoms with Crippen molar-refractivity contribution in [1.82, 2.24) is 4.90 Å². The maximum Gasteiger partial charge on any atom is 0.270 e. The van der Waals surface area contributed by atoms with E-state index >= 15 is 0 Å². The summed E-state index contributed by atoms with van der Waals surface area (Å²) >= 11 is 1.28. The molecule has 2 aromatic rings. The third-order valence-electron chi connectivity index (χ3n) is 3.84. The van der Waals surface area contributed by atoms with Crippen molar-refractivity contribution in [3.8, 4) is 0 Å². The second-order valence-electron chi connectivity index (χ2n) is 5.74. The Hall–Kier alpha value is -2.93. The van der Waals surface area contributed by atoms with E-state index in [1.54, 1.807) is 23.1 Å². The van der Waals surface area contributed by atoms with Crippen LogP contribution in [-0.2, 0) is 4.79 Å². The van der Waals surface area contributed by atoms with Crippen molar-refractivity contribution < 1.29 is 9.72 Å². The topological polar surface area (TPSA) is 75.8 Å². The first-order valence-corrected chi connectivity index (χ1v) is 8.91. The van der Waals surface area contributed by atoms with Crippen LogP contribution in [0.3, 0.4) is 0 Å². The first-order valence-electron chi connectivity index (χ1n) is 8.09. The number of nitrogens with zero attached hydrogens (tertiary/aromatic N) is 3. The van der Waals surface area contributed by atoms with Gasteiger partial charge in [0.2, 0.25) is 0 Å². The molecule has 2 aromatic carbocycles. The zero-order chi connectivity index (χ0) is 18.7. The van der Waals surface area contributed by atoms with Crippen LogP contribution >= 0.6 is 11.8 Å². The number of amidine groups is 1. The molecular formula is C19H17N3O3S. The normalized spacial score (nSPS) is 17.3. The number of thioether (sulfide) groups is 1. The summed E-state index contributed by atoms with van der Waals surface area (Å²) in [6.45, 7) is 4.39. The molecule has 0 radical (unpaired) electrons. The number of aliphatic imine (C=N–C) groups is 1. The Kier molecular flexibility index (Phi) is 5.18. The molecule has 1 amide bonds. The molecule has 0 unspecified atom stereocenters.